The zero-order valence-electron chi connectivity index (χ0n) is 14.0. The fraction of sp³-hybridized carbons (Fsp3) is 0.0556. The van der Waals surface area contributed by atoms with E-state index in [1.165, 1.54) is 0 Å². The van der Waals surface area contributed by atoms with Gasteiger partial charge in [-0.2, -0.15) is 0 Å². The first-order valence-corrected chi connectivity index (χ1v) is 9.77. The van der Waals surface area contributed by atoms with Crippen molar-refractivity contribution in [2.24, 2.45) is 0 Å². The molecule has 3 aromatic rings. The molecular formula is C18H14BrClN4O2S. The maximum atomic E-state index is 12.5. The molecule has 2 aromatic carbocycles. The van der Waals surface area contributed by atoms with Crippen molar-refractivity contribution in [3.63, 3.8) is 0 Å². The van der Waals surface area contributed by atoms with E-state index in [1.807, 2.05) is 12.1 Å². The molecule has 9 heteroatoms. The molecule has 1 heterocycles. The lowest BCUT2D eigenvalue weighted by Crippen LogP contribution is -2.19. The average molecular weight is 466 g/mol. The van der Waals surface area contributed by atoms with Crippen LogP contribution in [0.25, 0.3) is 0 Å². The minimum Gasteiger partial charge on any atom is -0.321 e. The van der Waals surface area contributed by atoms with Gasteiger partial charge >= 0.3 is 6.03 Å². The van der Waals surface area contributed by atoms with E-state index in [1.54, 1.807) is 43.3 Å². The highest BCUT2D eigenvalue weighted by Gasteiger charge is 2.17. The van der Waals surface area contributed by atoms with E-state index in [9.17, 15) is 9.59 Å². The van der Waals surface area contributed by atoms with Gasteiger partial charge in [-0.25, -0.2) is 9.78 Å². The number of amides is 3. The number of benzene rings is 2. The Morgan fingerprint density at radius 2 is 1.78 bits per heavy atom. The Hall–Kier alpha value is -2.42. The molecule has 0 saturated heterocycles. The maximum absolute atomic E-state index is 12.5. The summed E-state index contributed by atoms with van der Waals surface area (Å²) in [5.74, 6) is -0.282. The van der Waals surface area contributed by atoms with Gasteiger partial charge in [-0.1, -0.05) is 44.9 Å². The van der Waals surface area contributed by atoms with Gasteiger partial charge in [-0.3, -0.25) is 10.1 Å². The highest BCUT2D eigenvalue weighted by atomic mass is 79.9. The Balaban J connectivity index is 1.65. The van der Waals surface area contributed by atoms with Gasteiger partial charge in [0.05, 0.1) is 5.69 Å². The van der Waals surface area contributed by atoms with E-state index in [4.69, 9.17) is 11.6 Å². The zero-order valence-corrected chi connectivity index (χ0v) is 17.2. The lowest BCUT2D eigenvalue weighted by molar-refractivity contribution is 0.103. The van der Waals surface area contributed by atoms with Gasteiger partial charge in [-0.15, -0.1) is 0 Å². The van der Waals surface area contributed by atoms with Crippen molar-refractivity contribution in [3.8, 4) is 0 Å². The number of nitrogens with zero attached hydrogens (tertiary/aromatic N) is 1. The largest absolute Gasteiger partial charge is 0.325 e. The molecule has 0 aliphatic rings. The predicted octanol–water partition coefficient (Wildman–Crippen LogP) is 5.76. The van der Waals surface area contributed by atoms with Crippen LogP contribution < -0.4 is 16.0 Å². The molecule has 27 heavy (non-hydrogen) atoms. The minimum absolute atomic E-state index is 0.282. The van der Waals surface area contributed by atoms with Crippen LogP contribution in [0.1, 0.15) is 15.4 Å². The van der Waals surface area contributed by atoms with Crippen LogP contribution >= 0.6 is 38.9 Å². The molecule has 3 amide bonds. The first-order valence-electron chi connectivity index (χ1n) is 7.78. The molecule has 0 unspecified atom stereocenters. The summed E-state index contributed by atoms with van der Waals surface area (Å²) in [6, 6.07) is 13.6. The zero-order chi connectivity index (χ0) is 19.4. The third kappa shape index (κ3) is 5.29. The summed E-state index contributed by atoms with van der Waals surface area (Å²) in [5, 5.41) is 8.94. The van der Waals surface area contributed by atoms with Crippen molar-refractivity contribution in [3.05, 3.63) is 68.6 Å². The molecule has 0 aliphatic heterocycles. The first-order chi connectivity index (χ1) is 12.9. The van der Waals surface area contributed by atoms with Crippen LogP contribution in [0.15, 0.2) is 53.0 Å². The third-order valence-corrected chi connectivity index (χ3v) is 5.24. The second kappa shape index (κ2) is 8.51. The van der Waals surface area contributed by atoms with Crippen molar-refractivity contribution < 1.29 is 9.59 Å². The number of urea groups is 1. The summed E-state index contributed by atoms with van der Waals surface area (Å²) in [7, 11) is 0. The SMILES string of the molecule is Cc1nc(NC(=O)Nc2cccc(Cl)c2)sc1C(=O)Nc1ccc(Br)cc1. The summed E-state index contributed by atoms with van der Waals surface area (Å²) in [6.45, 7) is 1.72. The third-order valence-electron chi connectivity index (χ3n) is 3.41. The van der Waals surface area contributed by atoms with Crippen molar-refractivity contribution >= 4 is 67.3 Å². The summed E-state index contributed by atoms with van der Waals surface area (Å²) >= 11 is 10.3. The van der Waals surface area contributed by atoms with E-state index in [0.29, 0.717) is 32.1 Å². The number of aromatic nitrogens is 1. The van der Waals surface area contributed by atoms with Gasteiger partial charge in [0.2, 0.25) is 0 Å². The number of carbonyl (C=O) groups excluding carboxylic acids is 2. The van der Waals surface area contributed by atoms with Crippen molar-refractivity contribution in [1.82, 2.24) is 4.98 Å². The number of hydrogen-bond acceptors (Lipinski definition) is 4. The lowest BCUT2D eigenvalue weighted by Gasteiger charge is -2.05. The van der Waals surface area contributed by atoms with E-state index >= 15 is 0 Å². The van der Waals surface area contributed by atoms with Crippen LogP contribution in [0.5, 0.6) is 0 Å². The van der Waals surface area contributed by atoms with Gasteiger partial charge in [0, 0.05) is 20.9 Å². The van der Waals surface area contributed by atoms with Crippen LogP contribution in [-0.4, -0.2) is 16.9 Å². The van der Waals surface area contributed by atoms with Gasteiger partial charge in [0.1, 0.15) is 4.88 Å². The molecule has 0 bridgehead atoms. The number of thiazole rings is 1. The van der Waals surface area contributed by atoms with Gasteiger partial charge in [-0.05, 0) is 49.4 Å². The summed E-state index contributed by atoms with van der Waals surface area (Å²) in [4.78, 5) is 29.2. The van der Waals surface area contributed by atoms with E-state index in [-0.39, 0.29) is 5.91 Å². The molecular weight excluding hydrogens is 452 g/mol. The van der Waals surface area contributed by atoms with E-state index < -0.39 is 6.03 Å². The fourth-order valence-corrected chi connectivity index (χ4v) is 3.52. The van der Waals surface area contributed by atoms with Crippen molar-refractivity contribution in [2.75, 3.05) is 16.0 Å². The van der Waals surface area contributed by atoms with Crippen LogP contribution in [0.2, 0.25) is 5.02 Å². The van der Waals surface area contributed by atoms with Gasteiger partial charge in [0.25, 0.3) is 5.91 Å². The Morgan fingerprint density at radius 1 is 1.04 bits per heavy atom. The first kappa shape index (κ1) is 19.3. The monoisotopic (exact) mass is 464 g/mol. The fourth-order valence-electron chi connectivity index (χ4n) is 2.21. The second-order valence-electron chi connectivity index (χ2n) is 5.48. The summed E-state index contributed by atoms with van der Waals surface area (Å²) in [6.07, 6.45) is 0. The Kier molecular flexibility index (Phi) is 6.10. The van der Waals surface area contributed by atoms with Crippen molar-refractivity contribution in [1.29, 1.82) is 0 Å². The molecule has 0 saturated carbocycles. The molecule has 0 spiro atoms. The molecule has 0 radical (unpaired) electrons. The molecule has 0 fully saturated rings. The van der Waals surface area contributed by atoms with E-state index in [0.717, 1.165) is 15.8 Å². The normalized spacial score (nSPS) is 10.3. The number of halogens is 2. The smallest absolute Gasteiger partial charge is 0.321 e. The maximum Gasteiger partial charge on any atom is 0.325 e. The van der Waals surface area contributed by atoms with E-state index in [2.05, 4.69) is 36.9 Å². The number of aryl methyl sites for hydroxylation is 1. The van der Waals surface area contributed by atoms with Crippen molar-refractivity contribution in [2.45, 2.75) is 6.92 Å². The Morgan fingerprint density at radius 3 is 2.48 bits per heavy atom. The topological polar surface area (TPSA) is 83.1 Å². The number of carbonyl (C=O) groups is 2. The quantitative estimate of drug-likeness (QED) is 0.458. The van der Waals surface area contributed by atoms with Gasteiger partial charge < -0.3 is 10.6 Å². The van der Waals surface area contributed by atoms with Crippen LogP contribution in [0.4, 0.5) is 21.3 Å². The predicted molar refractivity (Wildman–Crippen MR) is 113 cm³/mol. The Bertz CT molecular complexity index is 991. The van der Waals surface area contributed by atoms with Gasteiger partial charge in [0.15, 0.2) is 5.13 Å². The molecule has 0 atom stereocenters. The number of nitrogens with one attached hydrogen (secondary N) is 3. The summed E-state index contributed by atoms with van der Waals surface area (Å²) < 4.78 is 0.923. The van der Waals surface area contributed by atoms with Crippen LogP contribution in [0, 0.1) is 6.92 Å². The lowest BCUT2D eigenvalue weighted by atomic mass is 10.3. The molecule has 138 valence electrons. The number of hydrogen-bond donors (Lipinski definition) is 3. The molecule has 3 N–H and O–H groups in total. The average Bonchev–Trinajstić information content (AvgIpc) is 2.97. The molecule has 6 nitrogen and oxygen atoms in total. The number of rotatable bonds is 4. The molecule has 0 aliphatic carbocycles. The minimum atomic E-state index is -0.467. The highest BCUT2D eigenvalue weighted by Crippen LogP contribution is 2.24. The van der Waals surface area contributed by atoms with Crippen LogP contribution in [-0.2, 0) is 0 Å². The molecule has 1 aromatic heterocycles. The second-order valence-corrected chi connectivity index (χ2v) is 7.84. The number of anilines is 3. The standard InChI is InChI=1S/C18H14BrClN4O2S/c1-10-15(16(25)22-13-7-5-11(19)6-8-13)27-18(21-10)24-17(26)23-14-4-2-3-12(20)9-14/h2-9H,1H3,(H,22,25)(H2,21,23,24,26). The highest BCUT2D eigenvalue weighted by molar-refractivity contribution is 9.10. The summed E-state index contributed by atoms with van der Waals surface area (Å²) in [5.41, 5.74) is 1.76. The van der Waals surface area contributed by atoms with Crippen LogP contribution in [0.3, 0.4) is 0 Å². The molecule has 3 rings (SSSR count). The Labute approximate surface area is 173 Å².